The van der Waals surface area contributed by atoms with Crippen molar-refractivity contribution in [1.82, 2.24) is 20.5 Å². The van der Waals surface area contributed by atoms with Crippen LogP contribution in [-0.4, -0.2) is 72.2 Å². The largest absolute Gasteiger partial charge is 0.394 e. The molecule has 178 valence electrons. The number of likely N-dealkylation sites (N-methyl/N-ethyl adjacent to an activating group) is 1. The third-order valence-electron chi connectivity index (χ3n) is 5.55. The second kappa shape index (κ2) is 10.3. The Morgan fingerprint density at radius 1 is 1.18 bits per heavy atom. The van der Waals surface area contributed by atoms with E-state index in [1.165, 1.54) is 0 Å². The number of rotatable bonds is 10. The van der Waals surface area contributed by atoms with Gasteiger partial charge in [-0.05, 0) is 77.0 Å². The summed E-state index contributed by atoms with van der Waals surface area (Å²) in [5.74, 6) is 0.0690. The van der Waals surface area contributed by atoms with Crippen LogP contribution in [0.2, 0.25) is 0 Å². The quantitative estimate of drug-likeness (QED) is 0.440. The lowest BCUT2D eigenvalue weighted by atomic mass is 9.97. The van der Waals surface area contributed by atoms with Gasteiger partial charge >= 0.3 is 0 Å². The first-order valence-electron chi connectivity index (χ1n) is 11.3. The Morgan fingerprint density at radius 3 is 2.55 bits per heavy atom. The molecule has 1 aliphatic rings. The Kier molecular flexibility index (Phi) is 7.71. The Hall–Kier alpha value is -2.97. The zero-order valence-electron chi connectivity index (χ0n) is 20.2. The minimum Gasteiger partial charge on any atom is -0.394 e. The summed E-state index contributed by atoms with van der Waals surface area (Å²) >= 11 is 0. The lowest BCUT2D eigenvalue weighted by molar-refractivity contribution is 0.0942. The SMILES string of the molecule is Cc1ccc(C(=O)NC2CC2)cc1-c1cnc(NC(C)(C)CO)c(C(=O)NCCN(C)C)c1. The highest BCUT2D eigenvalue weighted by molar-refractivity contribution is 6.00. The number of carbonyl (C=O) groups excluding carboxylic acids is 2. The van der Waals surface area contributed by atoms with E-state index < -0.39 is 5.54 Å². The van der Waals surface area contributed by atoms with Crippen LogP contribution in [0.15, 0.2) is 30.5 Å². The lowest BCUT2D eigenvalue weighted by Gasteiger charge is -2.26. The van der Waals surface area contributed by atoms with E-state index in [1.807, 2.05) is 58.0 Å². The van der Waals surface area contributed by atoms with Crippen molar-refractivity contribution in [3.05, 3.63) is 47.2 Å². The van der Waals surface area contributed by atoms with Crippen LogP contribution in [0.25, 0.3) is 11.1 Å². The van der Waals surface area contributed by atoms with Crippen molar-refractivity contribution in [1.29, 1.82) is 0 Å². The summed E-state index contributed by atoms with van der Waals surface area (Å²) in [7, 11) is 3.89. The number of benzene rings is 1. The van der Waals surface area contributed by atoms with Gasteiger partial charge in [0.2, 0.25) is 0 Å². The second-order valence-corrected chi connectivity index (χ2v) is 9.62. The number of hydrogen-bond donors (Lipinski definition) is 4. The van der Waals surface area contributed by atoms with Crippen molar-refractivity contribution >= 4 is 17.6 Å². The van der Waals surface area contributed by atoms with Crippen LogP contribution in [0.5, 0.6) is 0 Å². The molecule has 0 bridgehead atoms. The molecule has 4 N–H and O–H groups in total. The van der Waals surface area contributed by atoms with E-state index >= 15 is 0 Å². The van der Waals surface area contributed by atoms with Gasteiger partial charge in [0.15, 0.2) is 0 Å². The number of carbonyl (C=O) groups is 2. The molecule has 2 amide bonds. The van der Waals surface area contributed by atoms with E-state index in [4.69, 9.17) is 0 Å². The fourth-order valence-corrected chi connectivity index (χ4v) is 3.30. The maximum atomic E-state index is 13.1. The fourth-order valence-electron chi connectivity index (χ4n) is 3.30. The smallest absolute Gasteiger partial charge is 0.255 e. The predicted molar refractivity (Wildman–Crippen MR) is 131 cm³/mol. The van der Waals surface area contributed by atoms with Gasteiger partial charge in [-0.15, -0.1) is 0 Å². The molecule has 3 rings (SSSR count). The third-order valence-corrected chi connectivity index (χ3v) is 5.55. The van der Waals surface area contributed by atoms with E-state index in [9.17, 15) is 14.7 Å². The van der Waals surface area contributed by atoms with Gasteiger partial charge in [0.1, 0.15) is 5.82 Å². The van der Waals surface area contributed by atoms with Gasteiger partial charge in [0.25, 0.3) is 11.8 Å². The van der Waals surface area contributed by atoms with Gasteiger partial charge in [0.05, 0.1) is 17.7 Å². The number of aromatic nitrogens is 1. The summed E-state index contributed by atoms with van der Waals surface area (Å²) in [6.45, 7) is 6.73. The number of aliphatic hydroxyl groups excluding tert-OH is 1. The highest BCUT2D eigenvalue weighted by Crippen LogP contribution is 2.29. The number of amides is 2. The first-order valence-corrected chi connectivity index (χ1v) is 11.3. The number of anilines is 1. The van der Waals surface area contributed by atoms with Crippen molar-refractivity contribution in [2.45, 2.75) is 45.2 Å². The average Bonchev–Trinajstić information content (AvgIpc) is 3.58. The van der Waals surface area contributed by atoms with Crippen molar-refractivity contribution in [3.63, 3.8) is 0 Å². The lowest BCUT2D eigenvalue weighted by Crippen LogP contribution is -2.37. The van der Waals surface area contributed by atoms with Crippen LogP contribution in [-0.2, 0) is 0 Å². The normalized spacial score (nSPS) is 13.7. The van der Waals surface area contributed by atoms with Crippen molar-refractivity contribution in [3.8, 4) is 11.1 Å². The number of nitrogens with zero attached hydrogens (tertiary/aromatic N) is 2. The molecular formula is C25H35N5O3. The summed E-state index contributed by atoms with van der Waals surface area (Å²) < 4.78 is 0. The second-order valence-electron chi connectivity index (χ2n) is 9.62. The van der Waals surface area contributed by atoms with E-state index in [2.05, 4.69) is 20.9 Å². The van der Waals surface area contributed by atoms with Crippen molar-refractivity contribution < 1.29 is 14.7 Å². The van der Waals surface area contributed by atoms with Crippen molar-refractivity contribution in [2.75, 3.05) is 39.1 Å². The summed E-state index contributed by atoms with van der Waals surface area (Å²) in [4.78, 5) is 32.1. The standard InChI is InChI=1S/C25H35N5O3/c1-16-6-7-17(23(32)28-19-8-9-19)12-20(16)18-13-21(24(33)26-10-11-30(4)5)22(27-14-18)29-25(2,3)15-31/h6-7,12-14,19,31H,8-11,15H2,1-5H3,(H,26,33)(H,27,29)(H,28,32). The van der Waals surface area contributed by atoms with Crippen molar-refractivity contribution in [2.24, 2.45) is 0 Å². The molecule has 1 aromatic heterocycles. The van der Waals surface area contributed by atoms with Gasteiger partial charge in [-0.25, -0.2) is 4.98 Å². The van der Waals surface area contributed by atoms with Gasteiger partial charge in [-0.1, -0.05) is 6.07 Å². The van der Waals surface area contributed by atoms with Crippen LogP contribution in [0, 0.1) is 6.92 Å². The van der Waals surface area contributed by atoms with Crippen LogP contribution in [0.4, 0.5) is 5.82 Å². The number of pyridine rings is 1. The van der Waals surface area contributed by atoms with Crippen LogP contribution in [0.1, 0.15) is 53.0 Å². The number of nitrogens with one attached hydrogen (secondary N) is 3. The van der Waals surface area contributed by atoms with E-state index in [0.717, 1.165) is 29.5 Å². The highest BCUT2D eigenvalue weighted by Gasteiger charge is 2.25. The number of hydrogen-bond acceptors (Lipinski definition) is 6. The average molecular weight is 454 g/mol. The summed E-state index contributed by atoms with van der Waals surface area (Å²) in [6.07, 6.45) is 3.75. The zero-order valence-corrected chi connectivity index (χ0v) is 20.2. The minimum absolute atomic E-state index is 0.0867. The fraction of sp³-hybridized carbons (Fsp3) is 0.480. The molecule has 1 fully saturated rings. The molecule has 0 spiro atoms. The molecule has 1 aromatic carbocycles. The summed E-state index contributed by atoms with van der Waals surface area (Å²) in [5, 5.41) is 18.8. The maximum absolute atomic E-state index is 13.1. The molecular weight excluding hydrogens is 418 g/mol. The Labute approximate surface area is 195 Å². The van der Waals surface area contributed by atoms with E-state index in [0.29, 0.717) is 30.0 Å². The molecule has 33 heavy (non-hydrogen) atoms. The summed E-state index contributed by atoms with van der Waals surface area (Å²) in [5.41, 5.74) is 2.90. The van der Waals surface area contributed by atoms with Crippen LogP contribution >= 0.6 is 0 Å². The Bertz CT molecular complexity index is 1020. The van der Waals surface area contributed by atoms with E-state index in [-0.39, 0.29) is 24.5 Å². The molecule has 8 nitrogen and oxygen atoms in total. The molecule has 1 saturated carbocycles. The molecule has 0 atom stereocenters. The molecule has 0 aliphatic heterocycles. The molecule has 8 heteroatoms. The van der Waals surface area contributed by atoms with Gasteiger partial charge in [0, 0.05) is 36.5 Å². The number of aliphatic hydroxyl groups is 1. The molecule has 0 radical (unpaired) electrons. The predicted octanol–water partition coefficient (Wildman–Crippen LogP) is 2.42. The Morgan fingerprint density at radius 2 is 1.91 bits per heavy atom. The molecule has 0 saturated heterocycles. The van der Waals surface area contributed by atoms with Crippen LogP contribution < -0.4 is 16.0 Å². The number of aryl methyl sites for hydroxylation is 1. The minimum atomic E-state index is -0.649. The topological polar surface area (TPSA) is 107 Å². The molecule has 1 aliphatic carbocycles. The molecule has 1 heterocycles. The molecule has 0 unspecified atom stereocenters. The van der Waals surface area contributed by atoms with E-state index in [1.54, 1.807) is 12.3 Å². The highest BCUT2D eigenvalue weighted by atomic mass is 16.3. The van der Waals surface area contributed by atoms with Gasteiger partial charge < -0.3 is 26.0 Å². The first-order chi connectivity index (χ1) is 15.6. The Balaban J connectivity index is 1.95. The first kappa shape index (κ1) is 24.7. The monoisotopic (exact) mass is 453 g/mol. The summed E-state index contributed by atoms with van der Waals surface area (Å²) in [6, 6.07) is 7.65. The third kappa shape index (κ3) is 6.76. The zero-order chi connectivity index (χ0) is 24.2. The van der Waals surface area contributed by atoms with Gasteiger partial charge in [-0.3, -0.25) is 9.59 Å². The maximum Gasteiger partial charge on any atom is 0.255 e. The van der Waals surface area contributed by atoms with Crippen LogP contribution in [0.3, 0.4) is 0 Å². The molecule has 2 aromatic rings. The van der Waals surface area contributed by atoms with Gasteiger partial charge in [-0.2, -0.15) is 0 Å².